The van der Waals surface area contributed by atoms with Gasteiger partial charge in [0.05, 0.1) is 9.79 Å². The summed E-state index contributed by atoms with van der Waals surface area (Å²) in [6, 6.07) is 14.8. The number of benzene rings is 2. The van der Waals surface area contributed by atoms with Crippen LogP contribution in [0, 0.1) is 0 Å². The molecule has 0 unspecified atom stereocenters. The van der Waals surface area contributed by atoms with Crippen molar-refractivity contribution in [1.29, 1.82) is 0 Å². The number of hydrogen-bond acceptors (Lipinski definition) is 4. The van der Waals surface area contributed by atoms with E-state index in [1.807, 2.05) is 18.2 Å². The molecule has 2 heterocycles. The Morgan fingerprint density at radius 2 is 1.72 bits per heavy atom. The van der Waals surface area contributed by atoms with Gasteiger partial charge in [-0.2, -0.15) is 0 Å². The van der Waals surface area contributed by atoms with Crippen molar-refractivity contribution in [3.8, 4) is 0 Å². The van der Waals surface area contributed by atoms with Crippen molar-refractivity contribution in [2.45, 2.75) is 34.6 Å². The van der Waals surface area contributed by atoms with Crippen molar-refractivity contribution in [3.63, 3.8) is 0 Å². The Labute approximate surface area is 155 Å². The van der Waals surface area contributed by atoms with E-state index in [1.165, 1.54) is 11.3 Å². The Hall–Kier alpha value is -1.56. The van der Waals surface area contributed by atoms with Crippen molar-refractivity contribution >= 4 is 27.9 Å². The molecular weight excluding hydrogens is 356 g/mol. The molecular formula is C19H23ClN2O2S. The summed E-state index contributed by atoms with van der Waals surface area (Å²) in [6.07, 6.45) is 2.15. The van der Waals surface area contributed by atoms with Crippen molar-refractivity contribution < 1.29 is 8.42 Å². The van der Waals surface area contributed by atoms with E-state index in [-0.39, 0.29) is 12.4 Å². The maximum absolute atomic E-state index is 12.9. The van der Waals surface area contributed by atoms with E-state index in [4.69, 9.17) is 0 Å². The molecule has 0 saturated carbocycles. The van der Waals surface area contributed by atoms with Crippen LogP contribution in [0.1, 0.15) is 24.3 Å². The van der Waals surface area contributed by atoms with Gasteiger partial charge in [0.15, 0.2) is 0 Å². The average molecular weight is 379 g/mol. The lowest BCUT2D eigenvalue weighted by Crippen LogP contribution is -2.30. The van der Waals surface area contributed by atoms with Crippen LogP contribution in [0.5, 0.6) is 0 Å². The van der Waals surface area contributed by atoms with Crippen molar-refractivity contribution in [2.24, 2.45) is 0 Å². The van der Waals surface area contributed by atoms with Crippen LogP contribution in [0.3, 0.4) is 0 Å². The first kappa shape index (κ1) is 18.2. The van der Waals surface area contributed by atoms with Gasteiger partial charge in [-0.05, 0) is 61.8 Å². The quantitative estimate of drug-likeness (QED) is 0.871. The smallest absolute Gasteiger partial charge is 0.206 e. The van der Waals surface area contributed by atoms with Gasteiger partial charge < -0.3 is 10.2 Å². The molecule has 0 radical (unpaired) electrons. The zero-order valence-electron chi connectivity index (χ0n) is 14.2. The van der Waals surface area contributed by atoms with E-state index >= 15 is 0 Å². The van der Waals surface area contributed by atoms with Crippen LogP contribution < -0.4 is 10.2 Å². The summed E-state index contributed by atoms with van der Waals surface area (Å²) in [7, 11) is -1.33. The molecule has 1 saturated heterocycles. The number of halogens is 1. The fourth-order valence-corrected chi connectivity index (χ4v) is 5.40. The normalized spacial score (nSPS) is 22.5. The first-order valence-electron chi connectivity index (χ1n) is 8.46. The van der Waals surface area contributed by atoms with Crippen LogP contribution in [0.4, 0.5) is 5.69 Å². The highest BCUT2D eigenvalue weighted by molar-refractivity contribution is 7.91. The van der Waals surface area contributed by atoms with Crippen molar-refractivity contribution in [3.05, 3.63) is 54.1 Å². The molecule has 2 aromatic rings. The first-order chi connectivity index (χ1) is 11.6. The zero-order valence-corrected chi connectivity index (χ0v) is 15.8. The topological polar surface area (TPSA) is 49.4 Å². The highest BCUT2D eigenvalue weighted by Crippen LogP contribution is 2.44. The highest BCUT2D eigenvalue weighted by atomic mass is 35.5. The Kier molecular flexibility index (Phi) is 5.09. The zero-order chi connectivity index (χ0) is 16.7. The third-order valence-corrected chi connectivity index (χ3v) is 7.12. The van der Waals surface area contributed by atoms with Crippen LogP contribution >= 0.6 is 12.4 Å². The number of likely N-dealkylation sites (N-methyl/N-ethyl adjacent to an activating group) is 1. The number of sulfone groups is 1. The number of hydrogen-bond donors (Lipinski definition) is 1. The predicted octanol–water partition coefficient (Wildman–Crippen LogP) is 3.23. The van der Waals surface area contributed by atoms with Gasteiger partial charge in [0, 0.05) is 24.7 Å². The molecule has 0 amide bonds. The number of fused-ring (bicyclic) bond motifs is 3. The Bertz CT molecular complexity index is 855. The summed E-state index contributed by atoms with van der Waals surface area (Å²) in [5, 5.41) is 3.45. The molecule has 4 rings (SSSR count). The van der Waals surface area contributed by atoms with Gasteiger partial charge in [-0.1, -0.05) is 18.2 Å². The molecule has 0 spiro atoms. The summed E-state index contributed by atoms with van der Waals surface area (Å²) in [6.45, 7) is 2.01. The summed E-state index contributed by atoms with van der Waals surface area (Å²) in [5.41, 5.74) is 2.36. The van der Waals surface area contributed by atoms with E-state index in [0.717, 1.165) is 25.9 Å². The molecule has 2 aromatic carbocycles. The Balaban J connectivity index is 0.00000182. The summed E-state index contributed by atoms with van der Waals surface area (Å²) in [5.74, 6) is 0.408. The summed E-state index contributed by atoms with van der Waals surface area (Å²) >= 11 is 0. The molecule has 6 heteroatoms. The maximum Gasteiger partial charge on any atom is 0.206 e. The highest BCUT2D eigenvalue weighted by Gasteiger charge is 2.37. The largest absolute Gasteiger partial charge is 0.371 e. The maximum atomic E-state index is 12.9. The second kappa shape index (κ2) is 6.98. The lowest BCUT2D eigenvalue weighted by molar-refractivity contribution is 0.531. The fraction of sp³-hybridized carbons (Fsp3) is 0.368. The molecule has 0 aliphatic carbocycles. The molecule has 0 bridgehead atoms. The van der Waals surface area contributed by atoms with Gasteiger partial charge in [0.25, 0.3) is 0 Å². The predicted molar refractivity (Wildman–Crippen MR) is 103 cm³/mol. The van der Waals surface area contributed by atoms with E-state index in [2.05, 4.69) is 17.3 Å². The summed E-state index contributed by atoms with van der Waals surface area (Å²) in [4.78, 5) is 3.08. The van der Waals surface area contributed by atoms with Crippen LogP contribution in [-0.4, -0.2) is 34.6 Å². The minimum Gasteiger partial charge on any atom is -0.371 e. The molecule has 25 heavy (non-hydrogen) atoms. The van der Waals surface area contributed by atoms with Gasteiger partial charge in [-0.15, -0.1) is 12.4 Å². The minimum absolute atomic E-state index is 0. The van der Waals surface area contributed by atoms with Crippen molar-refractivity contribution in [2.75, 3.05) is 25.0 Å². The third-order valence-electron chi connectivity index (χ3n) is 5.35. The number of rotatable bonds is 2. The molecule has 2 atom stereocenters. The Morgan fingerprint density at radius 3 is 2.48 bits per heavy atom. The molecule has 1 N–H and O–H groups in total. The van der Waals surface area contributed by atoms with Crippen LogP contribution in [0.2, 0.25) is 0 Å². The van der Waals surface area contributed by atoms with E-state index in [9.17, 15) is 8.42 Å². The van der Waals surface area contributed by atoms with Gasteiger partial charge in [0.1, 0.15) is 0 Å². The van der Waals surface area contributed by atoms with E-state index in [0.29, 0.717) is 21.8 Å². The number of nitrogens with one attached hydrogen (secondary N) is 1. The van der Waals surface area contributed by atoms with Gasteiger partial charge in [-0.3, -0.25) is 0 Å². The van der Waals surface area contributed by atoms with Gasteiger partial charge >= 0.3 is 0 Å². The second-order valence-corrected chi connectivity index (χ2v) is 8.60. The minimum atomic E-state index is -3.46. The Morgan fingerprint density at radius 1 is 1.00 bits per heavy atom. The van der Waals surface area contributed by atoms with E-state index in [1.54, 1.807) is 30.3 Å². The molecule has 1 fully saturated rings. The SMILES string of the molecule is CN1c2ccc(S(=O)(=O)c3ccccc3)cc2[C@@H]2CCNCC[C@@H]21.Cl. The molecule has 0 aromatic heterocycles. The standard InChI is InChI=1S/C19H22N2O2S.ClH/c1-21-18-8-7-15(24(22,23)14-5-3-2-4-6-14)13-17(18)16-9-11-20-12-10-19(16)21;/h2-8,13,16,19-20H,9-12H2,1H3;1H/t16-,19-;/m0./s1. The monoisotopic (exact) mass is 378 g/mol. The number of nitrogens with zero attached hydrogens (tertiary/aromatic N) is 1. The van der Waals surface area contributed by atoms with Gasteiger partial charge in [0.2, 0.25) is 9.84 Å². The lowest BCUT2D eigenvalue weighted by Gasteiger charge is -2.24. The van der Waals surface area contributed by atoms with E-state index < -0.39 is 9.84 Å². The molecule has 134 valence electrons. The lowest BCUT2D eigenvalue weighted by atomic mass is 9.91. The van der Waals surface area contributed by atoms with Crippen LogP contribution in [-0.2, 0) is 9.84 Å². The molecule has 2 aliphatic heterocycles. The second-order valence-electron chi connectivity index (χ2n) is 6.65. The van der Waals surface area contributed by atoms with Gasteiger partial charge in [-0.25, -0.2) is 8.42 Å². The van der Waals surface area contributed by atoms with Crippen LogP contribution in [0.15, 0.2) is 58.3 Å². The molecule has 2 aliphatic rings. The first-order valence-corrected chi connectivity index (χ1v) is 9.95. The van der Waals surface area contributed by atoms with Crippen LogP contribution in [0.25, 0.3) is 0 Å². The summed E-state index contributed by atoms with van der Waals surface area (Å²) < 4.78 is 25.8. The molecule has 4 nitrogen and oxygen atoms in total. The third kappa shape index (κ3) is 3.05. The average Bonchev–Trinajstić information content (AvgIpc) is 2.78. The fourth-order valence-electron chi connectivity index (χ4n) is 4.08. The van der Waals surface area contributed by atoms with Crippen molar-refractivity contribution in [1.82, 2.24) is 5.32 Å². The number of anilines is 1.